The summed E-state index contributed by atoms with van der Waals surface area (Å²) in [5, 5.41) is 3.37. The predicted molar refractivity (Wildman–Crippen MR) is 69.9 cm³/mol. The first-order valence-electron chi connectivity index (χ1n) is 6.47. The molecule has 1 aromatic carbocycles. The van der Waals surface area contributed by atoms with Gasteiger partial charge < -0.3 is 10.1 Å². The maximum Gasteiger partial charge on any atom is 0.0716 e. The Morgan fingerprint density at radius 3 is 2.41 bits per heavy atom. The first-order valence-corrected chi connectivity index (χ1v) is 6.47. The van der Waals surface area contributed by atoms with Gasteiger partial charge in [-0.2, -0.15) is 0 Å². The normalized spacial score (nSPS) is 17.2. The Bertz CT molecular complexity index is 317. The molecule has 0 amide bonds. The minimum absolute atomic E-state index is 0.727. The second kappa shape index (κ2) is 6.74. The standard InChI is InChI=1S/C14H22N2O/c1-2-17-12-14-5-3-13(4-6-14)11-16-9-7-15-8-10-16/h3-6,15H,2,7-12H2,1H3. The average Bonchev–Trinajstić information content (AvgIpc) is 2.39. The number of nitrogens with one attached hydrogen (secondary N) is 1. The Morgan fingerprint density at radius 2 is 1.76 bits per heavy atom. The fourth-order valence-electron chi connectivity index (χ4n) is 2.09. The molecule has 94 valence electrons. The lowest BCUT2D eigenvalue weighted by Crippen LogP contribution is -2.42. The van der Waals surface area contributed by atoms with Gasteiger partial charge in [-0.05, 0) is 18.1 Å². The van der Waals surface area contributed by atoms with E-state index in [-0.39, 0.29) is 0 Å². The van der Waals surface area contributed by atoms with Crippen LogP contribution >= 0.6 is 0 Å². The van der Waals surface area contributed by atoms with Gasteiger partial charge in [0.1, 0.15) is 0 Å². The third-order valence-corrected chi connectivity index (χ3v) is 3.11. The van der Waals surface area contributed by atoms with Crippen molar-refractivity contribution in [3.63, 3.8) is 0 Å². The van der Waals surface area contributed by atoms with E-state index in [4.69, 9.17) is 4.74 Å². The molecule has 1 saturated heterocycles. The Labute approximate surface area is 104 Å². The Balaban J connectivity index is 1.84. The lowest BCUT2D eigenvalue weighted by molar-refractivity contribution is 0.134. The number of nitrogens with zero attached hydrogens (tertiary/aromatic N) is 1. The Hall–Kier alpha value is -0.900. The second-order valence-electron chi connectivity index (χ2n) is 4.48. The van der Waals surface area contributed by atoms with E-state index in [0.717, 1.165) is 45.9 Å². The van der Waals surface area contributed by atoms with E-state index in [0.29, 0.717) is 0 Å². The van der Waals surface area contributed by atoms with Crippen LogP contribution in [0.2, 0.25) is 0 Å². The number of ether oxygens (including phenoxy) is 1. The summed E-state index contributed by atoms with van der Waals surface area (Å²) in [6.07, 6.45) is 0. The van der Waals surface area contributed by atoms with Gasteiger partial charge in [0.05, 0.1) is 6.61 Å². The zero-order chi connectivity index (χ0) is 11.9. The van der Waals surface area contributed by atoms with E-state index in [9.17, 15) is 0 Å². The summed E-state index contributed by atoms with van der Waals surface area (Å²) in [5.41, 5.74) is 2.66. The largest absolute Gasteiger partial charge is 0.377 e. The van der Waals surface area contributed by atoms with Gasteiger partial charge in [-0.1, -0.05) is 24.3 Å². The van der Waals surface area contributed by atoms with E-state index < -0.39 is 0 Å². The van der Waals surface area contributed by atoms with Gasteiger partial charge in [0.2, 0.25) is 0 Å². The molecule has 2 rings (SSSR count). The summed E-state index contributed by atoms with van der Waals surface area (Å²) in [6, 6.07) is 8.78. The van der Waals surface area contributed by atoms with Crippen LogP contribution in [0, 0.1) is 0 Å². The first-order chi connectivity index (χ1) is 8.38. The van der Waals surface area contributed by atoms with Crippen LogP contribution in [0.4, 0.5) is 0 Å². The molecule has 0 radical (unpaired) electrons. The van der Waals surface area contributed by atoms with Gasteiger partial charge in [0.15, 0.2) is 0 Å². The van der Waals surface area contributed by atoms with Crippen molar-refractivity contribution in [1.82, 2.24) is 10.2 Å². The highest BCUT2D eigenvalue weighted by atomic mass is 16.5. The van der Waals surface area contributed by atoms with Crippen molar-refractivity contribution >= 4 is 0 Å². The molecular weight excluding hydrogens is 212 g/mol. The van der Waals surface area contributed by atoms with Crippen molar-refractivity contribution in [1.29, 1.82) is 0 Å². The predicted octanol–water partition coefficient (Wildman–Crippen LogP) is 1.63. The number of hydrogen-bond acceptors (Lipinski definition) is 3. The third kappa shape index (κ3) is 4.11. The molecule has 0 aromatic heterocycles. The summed E-state index contributed by atoms with van der Waals surface area (Å²) >= 11 is 0. The number of rotatable bonds is 5. The maximum absolute atomic E-state index is 5.39. The molecule has 1 aromatic rings. The van der Waals surface area contributed by atoms with E-state index in [1.807, 2.05) is 6.92 Å². The molecule has 3 nitrogen and oxygen atoms in total. The van der Waals surface area contributed by atoms with Crippen LogP contribution in [0.5, 0.6) is 0 Å². The number of hydrogen-bond donors (Lipinski definition) is 1. The van der Waals surface area contributed by atoms with Gasteiger partial charge in [-0.25, -0.2) is 0 Å². The minimum Gasteiger partial charge on any atom is -0.377 e. The smallest absolute Gasteiger partial charge is 0.0716 e. The van der Waals surface area contributed by atoms with Crippen molar-refractivity contribution < 1.29 is 4.74 Å². The lowest BCUT2D eigenvalue weighted by Gasteiger charge is -2.27. The highest BCUT2D eigenvalue weighted by Gasteiger charge is 2.09. The van der Waals surface area contributed by atoms with E-state index >= 15 is 0 Å². The lowest BCUT2D eigenvalue weighted by atomic mass is 10.1. The molecule has 0 aliphatic carbocycles. The monoisotopic (exact) mass is 234 g/mol. The molecule has 0 bridgehead atoms. The second-order valence-corrected chi connectivity index (χ2v) is 4.48. The summed E-state index contributed by atoms with van der Waals surface area (Å²) in [4.78, 5) is 2.49. The summed E-state index contributed by atoms with van der Waals surface area (Å²) in [7, 11) is 0. The first kappa shape index (κ1) is 12.6. The highest BCUT2D eigenvalue weighted by molar-refractivity contribution is 5.22. The third-order valence-electron chi connectivity index (χ3n) is 3.11. The minimum atomic E-state index is 0.727. The quantitative estimate of drug-likeness (QED) is 0.838. The van der Waals surface area contributed by atoms with Crippen LogP contribution in [0.1, 0.15) is 18.1 Å². The maximum atomic E-state index is 5.39. The molecule has 0 unspecified atom stereocenters. The van der Waals surface area contributed by atoms with Crippen molar-refractivity contribution in [2.75, 3.05) is 32.8 Å². The molecule has 0 atom stereocenters. The average molecular weight is 234 g/mol. The zero-order valence-corrected chi connectivity index (χ0v) is 10.6. The Kier molecular flexibility index (Phi) is 4.98. The van der Waals surface area contributed by atoms with Crippen LogP contribution in [0.25, 0.3) is 0 Å². The highest BCUT2D eigenvalue weighted by Crippen LogP contribution is 2.09. The van der Waals surface area contributed by atoms with Crippen LogP contribution < -0.4 is 5.32 Å². The Morgan fingerprint density at radius 1 is 1.12 bits per heavy atom. The summed E-state index contributed by atoms with van der Waals surface area (Å²) < 4.78 is 5.39. The molecule has 1 aliphatic heterocycles. The molecule has 17 heavy (non-hydrogen) atoms. The molecule has 1 aliphatic rings. The molecular formula is C14H22N2O. The fraction of sp³-hybridized carbons (Fsp3) is 0.571. The van der Waals surface area contributed by atoms with Crippen molar-refractivity contribution in [2.24, 2.45) is 0 Å². The van der Waals surface area contributed by atoms with Gasteiger partial charge in [-0.3, -0.25) is 4.90 Å². The van der Waals surface area contributed by atoms with Crippen LogP contribution in [-0.4, -0.2) is 37.7 Å². The van der Waals surface area contributed by atoms with Crippen LogP contribution in [-0.2, 0) is 17.9 Å². The van der Waals surface area contributed by atoms with Gasteiger partial charge in [-0.15, -0.1) is 0 Å². The molecule has 1 heterocycles. The number of benzene rings is 1. The fourth-order valence-corrected chi connectivity index (χ4v) is 2.09. The molecule has 1 N–H and O–H groups in total. The van der Waals surface area contributed by atoms with Crippen molar-refractivity contribution in [3.05, 3.63) is 35.4 Å². The van der Waals surface area contributed by atoms with Crippen LogP contribution in [0.15, 0.2) is 24.3 Å². The van der Waals surface area contributed by atoms with E-state index in [1.165, 1.54) is 11.1 Å². The molecule has 0 spiro atoms. The van der Waals surface area contributed by atoms with E-state index in [1.54, 1.807) is 0 Å². The SMILES string of the molecule is CCOCc1ccc(CN2CCNCC2)cc1. The topological polar surface area (TPSA) is 24.5 Å². The number of piperazine rings is 1. The van der Waals surface area contributed by atoms with Gasteiger partial charge in [0.25, 0.3) is 0 Å². The summed E-state index contributed by atoms with van der Waals surface area (Å²) in [5.74, 6) is 0. The van der Waals surface area contributed by atoms with Gasteiger partial charge in [0, 0.05) is 39.3 Å². The molecule has 3 heteroatoms. The van der Waals surface area contributed by atoms with Crippen molar-refractivity contribution in [3.8, 4) is 0 Å². The van der Waals surface area contributed by atoms with E-state index in [2.05, 4.69) is 34.5 Å². The zero-order valence-electron chi connectivity index (χ0n) is 10.6. The molecule has 0 saturated carbocycles. The van der Waals surface area contributed by atoms with Crippen LogP contribution in [0.3, 0.4) is 0 Å². The molecule has 1 fully saturated rings. The van der Waals surface area contributed by atoms with Crippen molar-refractivity contribution in [2.45, 2.75) is 20.1 Å². The van der Waals surface area contributed by atoms with Gasteiger partial charge >= 0.3 is 0 Å². The summed E-state index contributed by atoms with van der Waals surface area (Å²) in [6.45, 7) is 9.13.